The van der Waals surface area contributed by atoms with Gasteiger partial charge in [-0.3, -0.25) is 14.5 Å². The van der Waals surface area contributed by atoms with Crippen LogP contribution < -0.4 is 5.32 Å². The summed E-state index contributed by atoms with van der Waals surface area (Å²) in [5.41, 5.74) is 1.08. The van der Waals surface area contributed by atoms with Gasteiger partial charge in [0.25, 0.3) is 0 Å². The number of halogens is 1. The molecule has 0 spiro atoms. The molecule has 0 saturated carbocycles. The van der Waals surface area contributed by atoms with E-state index in [4.69, 9.17) is 5.11 Å². The second-order valence-electron chi connectivity index (χ2n) is 6.57. The van der Waals surface area contributed by atoms with Gasteiger partial charge in [-0.25, -0.2) is 8.42 Å². The predicted molar refractivity (Wildman–Crippen MR) is 104 cm³/mol. The largest absolute Gasteiger partial charge is 0.480 e. The summed E-state index contributed by atoms with van der Waals surface area (Å²) in [5, 5.41) is 10.8. The zero-order chi connectivity index (χ0) is 19.3. The molecule has 0 atom stereocenters. The van der Waals surface area contributed by atoms with Gasteiger partial charge in [0.15, 0.2) is 0 Å². The first-order valence-corrected chi connectivity index (χ1v) is 9.95. The van der Waals surface area contributed by atoms with Crippen molar-refractivity contribution < 1.29 is 23.1 Å². The first-order chi connectivity index (χ1) is 12.2. The normalized spacial score (nSPS) is 16.0. The molecule has 0 aromatic heterocycles. The molecule has 27 heavy (non-hydrogen) atoms. The van der Waals surface area contributed by atoms with Crippen molar-refractivity contribution in [2.45, 2.75) is 24.7 Å². The van der Waals surface area contributed by atoms with E-state index in [1.165, 1.54) is 4.31 Å². The van der Waals surface area contributed by atoms with Crippen LogP contribution >= 0.6 is 12.4 Å². The van der Waals surface area contributed by atoms with Crippen molar-refractivity contribution in [1.82, 2.24) is 14.5 Å². The van der Waals surface area contributed by atoms with Crippen LogP contribution in [0.5, 0.6) is 0 Å². The van der Waals surface area contributed by atoms with Gasteiger partial charge in [-0.15, -0.1) is 12.4 Å². The van der Waals surface area contributed by atoms with Crippen molar-refractivity contribution in [1.29, 1.82) is 0 Å². The number of amides is 1. The Hall–Kier alpha value is -1.68. The van der Waals surface area contributed by atoms with E-state index in [1.54, 1.807) is 12.1 Å². The quantitative estimate of drug-likeness (QED) is 0.675. The number of sulfonamides is 1. The molecule has 1 aromatic carbocycles. The Balaban J connectivity index is 0.00000364. The molecule has 0 unspecified atom stereocenters. The Labute approximate surface area is 166 Å². The zero-order valence-electron chi connectivity index (χ0n) is 15.4. The molecular weight excluding hydrogens is 394 g/mol. The Morgan fingerprint density at radius 3 is 2.15 bits per heavy atom. The Morgan fingerprint density at radius 1 is 1.11 bits per heavy atom. The highest BCUT2D eigenvalue weighted by molar-refractivity contribution is 7.89. The summed E-state index contributed by atoms with van der Waals surface area (Å²) < 4.78 is 26.9. The number of rotatable bonds is 7. The number of hydrogen-bond donors (Lipinski definition) is 2. The van der Waals surface area contributed by atoms with Gasteiger partial charge in [-0.1, -0.05) is 26.0 Å². The highest BCUT2D eigenvalue weighted by atomic mass is 35.5. The third-order valence-electron chi connectivity index (χ3n) is 4.32. The minimum absolute atomic E-state index is 0. The number of carboxylic acids is 1. The molecule has 0 aliphatic carbocycles. The molecule has 0 radical (unpaired) electrons. The number of nitrogens with one attached hydrogen (secondary N) is 1. The molecule has 10 heteroatoms. The van der Waals surface area contributed by atoms with Gasteiger partial charge >= 0.3 is 5.97 Å². The number of carbonyl (C=O) groups excluding carboxylic acids is 1. The summed E-state index contributed by atoms with van der Waals surface area (Å²) >= 11 is 0. The summed E-state index contributed by atoms with van der Waals surface area (Å²) in [4.78, 5) is 24.2. The van der Waals surface area contributed by atoms with E-state index >= 15 is 0 Å². The van der Waals surface area contributed by atoms with Gasteiger partial charge in [0.2, 0.25) is 15.9 Å². The fraction of sp³-hybridized carbons (Fsp3) is 0.529. The summed E-state index contributed by atoms with van der Waals surface area (Å²) in [6.07, 6.45) is 0. The fourth-order valence-electron chi connectivity index (χ4n) is 2.73. The number of aliphatic carboxylic acids is 1. The van der Waals surface area contributed by atoms with Gasteiger partial charge in [0.1, 0.15) is 6.54 Å². The minimum atomic E-state index is -3.55. The molecular formula is C17H26ClN3O5S. The Morgan fingerprint density at radius 2 is 1.67 bits per heavy atom. The van der Waals surface area contributed by atoms with E-state index < -0.39 is 22.5 Å². The molecule has 1 amide bonds. The van der Waals surface area contributed by atoms with Crippen LogP contribution in [0.15, 0.2) is 29.2 Å². The van der Waals surface area contributed by atoms with Crippen molar-refractivity contribution in [2.24, 2.45) is 0 Å². The van der Waals surface area contributed by atoms with E-state index in [9.17, 15) is 18.0 Å². The van der Waals surface area contributed by atoms with E-state index in [0.717, 1.165) is 5.56 Å². The van der Waals surface area contributed by atoms with Gasteiger partial charge < -0.3 is 10.4 Å². The lowest BCUT2D eigenvalue weighted by Crippen LogP contribution is -2.51. The van der Waals surface area contributed by atoms with Crippen molar-refractivity contribution in [3.8, 4) is 0 Å². The van der Waals surface area contributed by atoms with Crippen LogP contribution in [0.3, 0.4) is 0 Å². The lowest BCUT2D eigenvalue weighted by molar-refractivity contribution is -0.138. The SMILES string of the molecule is CC(C)c1ccc(S(=O)(=O)N2CCN(CC(=O)NCC(=O)O)CC2)cc1.Cl. The molecule has 2 rings (SSSR count). The number of benzene rings is 1. The van der Waals surface area contributed by atoms with Gasteiger partial charge in [-0.05, 0) is 23.6 Å². The monoisotopic (exact) mass is 419 g/mol. The number of piperazine rings is 1. The molecule has 1 heterocycles. The molecule has 1 aliphatic rings. The molecule has 8 nitrogen and oxygen atoms in total. The standard InChI is InChI=1S/C17H25N3O5S.ClH/c1-13(2)14-3-5-15(6-4-14)26(24,25)20-9-7-19(8-10-20)12-16(21)18-11-17(22)23;/h3-6,13H,7-12H2,1-2H3,(H,18,21)(H,22,23);1H. The zero-order valence-corrected chi connectivity index (χ0v) is 17.1. The van der Waals surface area contributed by atoms with Gasteiger partial charge in [-0.2, -0.15) is 4.31 Å². The Bertz CT molecular complexity index is 744. The van der Waals surface area contributed by atoms with Crippen molar-refractivity contribution in [2.75, 3.05) is 39.3 Å². The van der Waals surface area contributed by atoms with E-state index in [0.29, 0.717) is 32.1 Å². The highest BCUT2D eigenvalue weighted by Gasteiger charge is 2.29. The lowest BCUT2D eigenvalue weighted by Gasteiger charge is -2.33. The summed E-state index contributed by atoms with van der Waals surface area (Å²) in [6, 6.07) is 6.94. The average molecular weight is 420 g/mol. The van der Waals surface area contributed by atoms with Gasteiger partial charge in [0.05, 0.1) is 11.4 Å². The number of carbonyl (C=O) groups is 2. The van der Waals surface area contributed by atoms with Crippen molar-refractivity contribution in [3.05, 3.63) is 29.8 Å². The molecule has 1 aromatic rings. The van der Waals surface area contributed by atoms with E-state index in [2.05, 4.69) is 19.2 Å². The second kappa shape index (κ2) is 10.0. The highest BCUT2D eigenvalue weighted by Crippen LogP contribution is 2.21. The first kappa shape index (κ1) is 23.4. The van der Waals surface area contributed by atoms with Crippen LogP contribution in [-0.2, 0) is 19.6 Å². The molecule has 0 bridgehead atoms. The van der Waals surface area contributed by atoms with Crippen LogP contribution in [0.4, 0.5) is 0 Å². The molecule has 1 saturated heterocycles. The summed E-state index contributed by atoms with van der Waals surface area (Å²) in [6.45, 7) is 5.17. The van der Waals surface area contributed by atoms with Crippen LogP contribution in [0, 0.1) is 0 Å². The third-order valence-corrected chi connectivity index (χ3v) is 6.23. The minimum Gasteiger partial charge on any atom is -0.480 e. The van der Waals surface area contributed by atoms with Crippen LogP contribution in [0.2, 0.25) is 0 Å². The van der Waals surface area contributed by atoms with Crippen LogP contribution in [0.1, 0.15) is 25.3 Å². The van der Waals surface area contributed by atoms with Crippen molar-refractivity contribution in [3.63, 3.8) is 0 Å². The Kier molecular flexibility index (Phi) is 8.67. The lowest BCUT2D eigenvalue weighted by atomic mass is 10.0. The third kappa shape index (κ3) is 6.46. The molecule has 152 valence electrons. The molecule has 2 N–H and O–H groups in total. The maximum atomic E-state index is 12.7. The van der Waals surface area contributed by atoms with E-state index in [1.807, 2.05) is 17.0 Å². The summed E-state index contributed by atoms with van der Waals surface area (Å²) in [5.74, 6) is -1.15. The van der Waals surface area contributed by atoms with Crippen LogP contribution in [0.25, 0.3) is 0 Å². The second-order valence-corrected chi connectivity index (χ2v) is 8.51. The van der Waals surface area contributed by atoms with Crippen LogP contribution in [-0.4, -0.2) is 73.9 Å². The number of carboxylic acid groups (broad SMARTS) is 1. The maximum absolute atomic E-state index is 12.7. The predicted octanol–water partition coefficient (Wildman–Crippen LogP) is 0.739. The maximum Gasteiger partial charge on any atom is 0.322 e. The van der Waals surface area contributed by atoms with Crippen molar-refractivity contribution >= 4 is 34.3 Å². The smallest absolute Gasteiger partial charge is 0.322 e. The molecule has 1 fully saturated rings. The number of nitrogens with zero attached hydrogens (tertiary/aromatic N) is 2. The number of hydrogen-bond acceptors (Lipinski definition) is 5. The van der Waals surface area contributed by atoms with E-state index in [-0.39, 0.29) is 29.8 Å². The first-order valence-electron chi connectivity index (χ1n) is 8.51. The topological polar surface area (TPSA) is 107 Å². The molecule has 1 aliphatic heterocycles. The average Bonchev–Trinajstić information content (AvgIpc) is 2.60. The van der Waals surface area contributed by atoms with Gasteiger partial charge in [0, 0.05) is 26.2 Å². The fourth-order valence-corrected chi connectivity index (χ4v) is 4.16. The summed E-state index contributed by atoms with van der Waals surface area (Å²) in [7, 11) is -3.55.